The maximum absolute atomic E-state index is 11.0. The molecule has 0 spiro atoms. The number of nitrogens with one attached hydrogen (secondary N) is 4. The first kappa shape index (κ1) is 19.2. The molecule has 0 saturated carbocycles. The SMILES string of the molecule is O=C(/C=C/c1ccc(CNCCc2ccc3c4c([nH]c3c2)NCCC4)cc1)NO. The fraction of sp³-hybridized carbons (Fsp3) is 0.261. The van der Waals surface area contributed by atoms with E-state index in [2.05, 4.69) is 33.8 Å². The van der Waals surface area contributed by atoms with Crippen LogP contribution in [-0.2, 0) is 24.2 Å². The third-order valence-electron chi connectivity index (χ3n) is 5.31. The molecule has 1 aliphatic rings. The van der Waals surface area contributed by atoms with Crippen molar-refractivity contribution in [3.63, 3.8) is 0 Å². The summed E-state index contributed by atoms with van der Waals surface area (Å²) in [6.07, 6.45) is 6.27. The summed E-state index contributed by atoms with van der Waals surface area (Å²) < 4.78 is 0. The topological polar surface area (TPSA) is 89.2 Å². The summed E-state index contributed by atoms with van der Waals surface area (Å²) in [6, 6.07) is 14.7. The van der Waals surface area contributed by atoms with Gasteiger partial charge in [-0.15, -0.1) is 0 Å². The number of carbonyl (C=O) groups excluding carboxylic acids is 1. The molecule has 6 nitrogen and oxygen atoms in total. The van der Waals surface area contributed by atoms with E-state index >= 15 is 0 Å². The van der Waals surface area contributed by atoms with Gasteiger partial charge in [-0.3, -0.25) is 10.0 Å². The van der Waals surface area contributed by atoms with Gasteiger partial charge in [-0.2, -0.15) is 0 Å². The fourth-order valence-electron chi connectivity index (χ4n) is 3.77. The average Bonchev–Trinajstić information content (AvgIpc) is 3.13. The number of fused-ring (bicyclic) bond motifs is 3. The van der Waals surface area contributed by atoms with E-state index in [1.807, 2.05) is 24.3 Å². The summed E-state index contributed by atoms with van der Waals surface area (Å²) in [4.78, 5) is 14.5. The Balaban J connectivity index is 1.28. The molecule has 0 aliphatic carbocycles. The Hall–Kier alpha value is -3.09. The Labute approximate surface area is 170 Å². The number of aromatic nitrogens is 1. The van der Waals surface area contributed by atoms with E-state index in [-0.39, 0.29) is 0 Å². The van der Waals surface area contributed by atoms with Crippen LogP contribution in [0, 0.1) is 0 Å². The van der Waals surface area contributed by atoms with Gasteiger partial charge in [0.05, 0.1) is 0 Å². The molecule has 4 rings (SSSR count). The number of rotatable bonds is 7. The molecule has 0 saturated heterocycles. The number of carbonyl (C=O) groups is 1. The van der Waals surface area contributed by atoms with Crippen molar-refractivity contribution >= 4 is 28.7 Å². The zero-order valence-electron chi connectivity index (χ0n) is 16.3. The van der Waals surface area contributed by atoms with E-state index in [0.29, 0.717) is 0 Å². The van der Waals surface area contributed by atoms with Gasteiger partial charge >= 0.3 is 0 Å². The second-order valence-corrected chi connectivity index (χ2v) is 7.37. The Kier molecular flexibility index (Phi) is 5.93. The van der Waals surface area contributed by atoms with Gasteiger partial charge in [0, 0.05) is 35.6 Å². The first-order valence-corrected chi connectivity index (χ1v) is 10.0. The molecule has 0 fully saturated rings. The Morgan fingerprint density at radius 3 is 2.79 bits per heavy atom. The molecular weight excluding hydrogens is 364 g/mol. The predicted molar refractivity (Wildman–Crippen MR) is 116 cm³/mol. The van der Waals surface area contributed by atoms with Gasteiger partial charge in [-0.25, -0.2) is 5.48 Å². The highest BCUT2D eigenvalue weighted by Crippen LogP contribution is 2.30. The number of hydrogen-bond donors (Lipinski definition) is 5. The van der Waals surface area contributed by atoms with Crippen LogP contribution >= 0.6 is 0 Å². The normalized spacial score (nSPS) is 13.4. The number of amides is 1. The molecule has 3 aromatic rings. The second kappa shape index (κ2) is 8.94. The first-order chi connectivity index (χ1) is 14.2. The Morgan fingerprint density at radius 1 is 1.14 bits per heavy atom. The quantitative estimate of drug-likeness (QED) is 0.185. The van der Waals surface area contributed by atoms with Gasteiger partial charge in [0.1, 0.15) is 5.82 Å². The molecule has 1 amide bonds. The van der Waals surface area contributed by atoms with E-state index < -0.39 is 5.91 Å². The van der Waals surface area contributed by atoms with Gasteiger partial charge in [0.25, 0.3) is 5.91 Å². The van der Waals surface area contributed by atoms with Crippen LogP contribution in [0.1, 0.15) is 28.7 Å². The number of hydrogen-bond acceptors (Lipinski definition) is 4. The van der Waals surface area contributed by atoms with E-state index in [0.717, 1.165) is 38.0 Å². The van der Waals surface area contributed by atoms with Gasteiger partial charge in [-0.1, -0.05) is 36.4 Å². The minimum atomic E-state index is -0.537. The molecule has 29 heavy (non-hydrogen) atoms. The number of aromatic amines is 1. The molecule has 0 bridgehead atoms. The van der Waals surface area contributed by atoms with E-state index in [1.165, 1.54) is 45.9 Å². The van der Waals surface area contributed by atoms with Crippen molar-refractivity contribution in [1.29, 1.82) is 0 Å². The largest absolute Gasteiger partial charge is 0.371 e. The summed E-state index contributed by atoms with van der Waals surface area (Å²) in [5.41, 5.74) is 7.64. The average molecular weight is 390 g/mol. The summed E-state index contributed by atoms with van der Waals surface area (Å²) in [6.45, 7) is 2.75. The van der Waals surface area contributed by atoms with E-state index in [1.54, 1.807) is 11.6 Å². The minimum absolute atomic E-state index is 0.537. The molecule has 2 aromatic carbocycles. The van der Waals surface area contributed by atoms with Crippen molar-refractivity contribution in [3.05, 3.63) is 70.8 Å². The van der Waals surface area contributed by atoms with Crippen molar-refractivity contribution in [1.82, 2.24) is 15.8 Å². The van der Waals surface area contributed by atoms with Crippen molar-refractivity contribution in [2.75, 3.05) is 18.4 Å². The van der Waals surface area contributed by atoms with Crippen molar-refractivity contribution < 1.29 is 10.0 Å². The third-order valence-corrected chi connectivity index (χ3v) is 5.31. The summed E-state index contributed by atoms with van der Waals surface area (Å²) in [7, 11) is 0. The summed E-state index contributed by atoms with van der Waals surface area (Å²) in [5.74, 6) is 0.654. The number of H-pyrrole nitrogens is 1. The minimum Gasteiger partial charge on any atom is -0.371 e. The molecule has 5 N–H and O–H groups in total. The lowest BCUT2D eigenvalue weighted by molar-refractivity contribution is -0.124. The van der Waals surface area contributed by atoms with Crippen LogP contribution in [0.2, 0.25) is 0 Å². The highest BCUT2D eigenvalue weighted by atomic mass is 16.5. The smallest absolute Gasteiger partial charge is 0.267 e. The van der Waals surface area contributed by atoms with Crippen LogP contribution in [0.15, 0.2) is 48.5 Å². The van der Waals surface area contributed by atoms with Crippen LogP contribution in [-0.4, -0.2) is 29.2 Å². The van der Waals surface area contributed by atoms with Crippen molar-refractivity contribution in [2.45, 2.75) is 25.8 Å². The number of benzene rings is 2. The molecule has 150 valence electrons. The highest BCUT2D eigenvalue weighted by Gasteiger charge is 2.14. The van der Waals surface area contributed by atoms with Crippen molar-refractivity contribution in [3.8, 4) is 0 Å². The number of hydroxylamine groups is 1. The Morgan fingerprint density at radius 2 is 1.97 bits per heavy atom. The molecular formula is C23H26N4O2. The van der Waals surface area contributed by atoms with Gasteiger partial charge in [0.2, 0.25) is 0 Å². The van der Waals surface area contributed by atoms with Crippen LogP contribution in [0.3, 0.4) is 0 Å². The van der Waals surface area contributed by atoms with Gasteiger partial charge in [-0.05, 0) is 54.6 Å². The highest BCUT2D eigenvalue weighted by molar-refractivity contribution is 5.91. The Bertz CT molecular complexity index is 1020. The van der Waals surface area contributed by atoms with E-state index in [9.17, 15) is 4.79 Å². The lowest BCUT2D eigenvalue weighted by Crippen LogP contribution is -2.16. The number of aryl methyl sites for hydroxylation is 1. The van der Waals surface area contributed by atoms with Crippen LogP contribution in [0.5, 0.6) is 0 Å². The zero-order valence-corrected chi connectivity index (χ0v) is 16.3. The molecule has 6 heteroatoms. The standard InChI is InChI=1S/C23H26N4O2/c28-22(27-29)10-8-16-3-5-18(6-4-16)15-24-13-11-17-7-9-19-20-2-1-12-25-23(20)26-21(19)14-17/h3-10,14,24-26,29H,1-2,11-13,15H2,(H,27,28)/b10-8+. The maximum atomic E-state index is 11.0. The van der Waals surface area contributed by atoms with Crippen LogP contribution in [0.25, 0.3) is 17.0 Å². The lowest BCUT2D eigenvalue weighted by atomic mass is 10.0. The molecule has 0 atom stereocenters. The van der Waals surface area contributed by atoms with Crippen LogP contribution < -0.4 is 16.1 Å². The van der Waals surface area contributed by atoms with Crippen molar-refractivity contribution in [2.24, 2.45) is 0 Å². The van der Waals surface area contributed by atoms with Gasteiger partial charge in [0.15, 0.2) is 0 Å². The molecule has 1 aliphatic heterocycles. The lowest BCUT2D eigenvalue weighted by Gasteiger charge is -2.13. The van der Waals surface area contributed by atoms with Gasteiger partial charge < -0.3 is 15.6 Å². The molecule has 0 radical (unpaired) electrons. The van der Waals surface area contributed by atoms with E-state index in [4.69, 9.17) is 5.21 Å². The zero-order chi connectivity index (χ0) is 20.1. The third kappa shape index (κ3) is 4.67. The predicted octanol–water partition coefficient (Wildman–Crippen LogP) is 3.38. The summed E-state index contributed by atoms with van der Waals surface area (Å²) in [5, 5.41) is 16.8. The summed E-state index contributed by atoms with van der Waals surface area (Å²) >= 11 is 0. The second-order valence-electron chi connectivity index (χ2n) is 7.37. The number of anilines is 1. The molecule has 1 aromatic heterocycles. The molecule has 2 heterocycles. The monoisotopic (exact) mass is 390 g/mol. The molecule has 0 unspecified atom stereocenters. The fourth-order valence-corrected chi connectivity index (χ4v) is 3.77. The maximum Gasteiger partial charge on any atom is 0.267 e. The first-order valence-electron chi connectivity index (χ1n) is 10.0. The van der Waals surface area contributed by atoms with Crippen LogP contribution in [0.4, 0.5) is 5.82 Å².